The van der Waals surface area contributed by atoms with Crippen molar-refractivity contribution in [3.8, 4) is 5.75 Å². The number of halogens is 1. The molecule has 0 amide bonds. The number of rotatable bonds is 5. The molecule has 0 aliphatic carbocycles. The minimum Gasteiger partial charge on any atom is -0.505 e. The van der Waals surface area contributed by atoms with Crippen molar-refractivity contribution in [1.29, 1.82) is 0 Å². The molecule has 0 aliphatic heterocycles. The molecule has 0 saturated heterocycles. The second kappa shape index (κ2) is 7.92. The third-order valence-corrected chi connectivity index (χ3v) is 5.22. The highest BCUT2D eigenvalue weighted by Crippen LogP contribution is 2.37. The van der Waals surface area contributed by atoms with Crippen LogP contribution in [0.1, 0.15) is 35.3 Å². The topological polar surface area (TPSA) is 45.2 Å². The van der Waals surface area contributed by atoms with E-state index in [-0.39, 0.29) is 17.6 Å². The quantitative estimate of drug-likeness (QED) is 0.432. The third kappa shape index (κ3) is 3.79. The number of aryl methyl sites for hydroxylation is 2. The SMILES string of the molecule is CCc1ccccc1NC(c1ccc(F)cc1)c1ccc2ccc(C)nc2c1O. The van der Waals surface area contributed by atoms with Gasteiger partial charge in [0, 0.05) is 22.3 Å². The molecule has 0 radical (unpaired) electrons. The number of fused-ring (bicyclic) bond motifs is 1. The summed E-state index contributed by atoms with van der Waals surface area (Å²) in [5, 5.41) is 15.5. The van der Waals surface area contributed by atoms with Crippen molar-refractivity contribution in [3.05, 3.63) is 101 Å². The Hall–Kier alpha value is -3.40. The molecule has 2 N–H and O–H groups in total. The first-order valence-electron chi connectivity index (χ1n) is 9.76. The van der Waals surface area contributed by atoms with E-state index in [0.717, 1.165) is 28.8 Å². The van der Waals surface area contributed by atoms with Crippen LogP contribution in [0.25, 0.3) is 10.9 Å². The number of hydrogen-bond donors (Lipinski definition) is 2. The molecule has 0 fully saturated rings. The Labute approximate surface area is 169 Å². The molecule has 29 heavy (non-hydrogen) atoms. The number of benzene rings is 3. The van der Waals surface area contributed by atoms with Crippen molar-refractivity contribution in [2.24, 2.45) is 0 Å². The van der Waals surface area contributed by atoms with Crippen molar-refractivity contribution in [1.82, 2.24) is 4.98 Å². The zero-order valence-corrected chi connectivity index (χ0v) is 16.5. The summed E-state index contributed by atoms with van der Waals surface area (Å²) in [5.41, 5.74) is 5.13. The van der Waals surface area contributed by atoms with Crippen molar-refractivity contribution >= 4 is 16.6 Å². The fourth-order valence-electron chi connectivity index (χ4n) is 3.64. The number of aromatic hydroxyl groups is 1. The summed E-state index contributed by atoms with van der Waals surface area (Å²) in [6, 6.07) is 21.9. The molecule has 4 aromatic rings. The number of para-hydroxylation sites is 1. The van der Waals surface area contributed by atoms with Crippen molar-refractivity contribution in [2.45, 2.75) is 26.3 Å². The number of nitrogens with zero attached hydrogens (tertiary/aromatic N) is 1. The minimum atomic E-state index is -0.352. The van der Waals surface area contributed by atoms with E-state index in [0.29, 0.717) is 11.1 Å². The van der Waals surface area contributed by atoms with Crippen LogP contribution in [0.5, 0.6) is 5.75 Å². The number of phenolic OH excluding ortho intramolecular Hbond substituents is 1. The van der Waals surface area contributed by atoms with E-state index in [4.69, 9.17) is 0 Å². The first-order valence-corrected chi connectivity index (χ1v) is 9.76. The van der Waals surface area contributed by atoms with Crippen molar-refractivity contribution in [2.75, 3.05) is 5.32 Å². The maximum Gasteiger partial charge on any atom is 0.147 e. The second-order valence-electron chi connectivity index (χ2n) is 7.17. The fourth-order valence-corrected chi connectivity index (χ4v) is 3.64. The first-order chi connectivity index (χ1) is 14.1. The summed E-state index contributed by atoms with van der Waals surface area (Å²) in [6.45, 7) is 4.01. The van der Waals surface area contributed by atoms with Crippen LogP contribution < -0.4 is 5.32 Å². The molecule has 0 aliphatic rings. The van der Waals surface area contributed by atoms with Crippen molar-refractivity contribution < 1.29 is 9.50 Å². The Morgan fingerprint density at radius 2 is 1.69 bits per heavy atom. The van der Waals surface area contributed by atoms with Crippen LogP contribution in [0.15, 0.2) is 72.8 Å². The number of anilines is 1. The smallest absolute Gasteiger partial charge is 0.147 e. The van der Waals surface area contributed by atoms with E-state index in [2.05, 4.69) is 23.3 Å². The molecule has 3 aromatic carbocycles. The van der Waals surface area contributed by atoms with Gasteiger partial charge in [0.25, 0.3) is 0 Å². The highest BCUT2D eigenvalue weighted by molar-refractivity contribution is 5.86. The molecule has 1 atom stereocenters. The average molecular weight is 386 g/mol. The average Bonchev–Trinajstić information content (AvgIpc) is 2.74. The predicted octanol–water partition coefficient (Wildman–Crippen LogP) is 6.15. The van der Waals surface area contributed by atoms with Gasteiger partial charge in [0.05, 0.1) is 6.04 Å². The van der Waals surface area contributed by atoms with Gasteiger partial charge in [-0.1, -0.05) is 55.5 Å². The standard InChI is InChI=1S/C25H23FN2O/c1-3-17-6-4-5-7-22(17)28-23(18-10-13-20(26)14-11-18)21-15-12-19-9-8-16(2)27-24(19)25(21)29/h4-15,23,28-29H,3H2,1-2H3. The maximum absolute atomic E-state index is 13.6. The fraction of sp³-hybridized carbons (Fsp3) is 0.160. The Balaban J connectivity index is 1.87. The normalized spacial score (nSPS) is 12.1. The molecule has 0 bridgehead atoms. The number of hydrogen-bond acceptors (Lipinski definition) is 3. The van der Waals surface area contributed by atoms with Crippen molar-refractivity contribution in [3.63, 3.8) is 0 Å². The van der Waals surface area contributed by atoms with E-state index < -0.39 is 0 Å². The molecule has 1 unspecified atom stereocenters. The highest BCUT2D eigenvalue weighted by Gasteiger charge is 2.21. The molecule has 3 nitrogen and oxygen atoms in total. The minimum absolute atomic E-state index is 0.141. The predicted molar refractivity (Wildman–Crippen MR) is 116 cm³/mol. The van der Waals surface area contributed by atoms with E-state index in [1.54, 1.807) is 12.1 Å². The van der Waals surface area contributed by atoms with Gasteiger partial charge in [0.15, 0.2) is 0 Å². The summed E-state index contributed by atoms with van der Waals surface area (Å²) in [5.74, 6) is -0.150. The Morgan fingerprint density at radius 1 is 0.966 bits per heavy atom. The lowest BCUT2D eigenvalue weighted by molar-refractivity contribution is 0.471. The lowest BCUT2D eigenvalue weighted by atomic mass is 9.95. The number of aromatic nitrogens is 1. The molecule has 4 rings (SSSR count). The molecule has 0 spiro atoms. The van der Waals surface area contributed by atoms with Gasteiger partial charge < -0.3 is 10.4 Å². The molecule has 4 heteroatoms. The number of nitrogens with one attached hydrogen (secondary N) is 1. The van der Waals surface area contributed by atoms with Gasteiger partial charge in [-0.15, -0.1) is 0 Å². The summed E-state index contributed by atoms with van der Waals surface area (Å²) >= 11 is 0. The zero-order chi connectivity index (χ0) is 20.4. The van der Waals surface area contributed by atoms with E-state index in [9.17, 15) is 9.50 Å². The van der Waals surface area contributed by atoms with Crippen LogP contribution in [0, 0.1) is 12.7 Å². The monoisotopic (exact) mass is 386 g/mol. The van der Waals surface area contributed by atoms with Crippen LogP contribution in [-0.4, -0.2) is 10.1 Å². The zero-order valence-electron chi connectivity index (χ0n) is 16.5. The summed E-state index contributed by atoms with van der Waals surface area (Å²) < 4.78 is 13.6. The lowest BCUT2D eigenvalue weighted by Crippen LogP contribution is -2.14. The first kappa shape index (κ1) is 18.9. The Morgan fingerprint density at radius 3 is 2.45 bits per heavy atom. The van der Waals surface area contributed by atoms with Gasteiger partial charge in [-0.2, -0.15) is 0 Å². The maximum atomic E-state index is 13.6. The molecular weight excluding hydrogens is 363 g/mol. The molecular formula is C25H23FN2O. The Bertz CT molecular complexity index is 1160. The van der Waals surface area contributed by atoms with Gasteiger partial charge in [0.1, 0.15) is 17.1 Å². The van der Waals surface area contributed by atoms with E-state index >= 15 is 0 Å². The molecule has 0 saturated carbocycles. The molecule has 146 valence electrons. The summed E-state index contributed by atoms with van der Waals surface area (Å²) in [6.07, 6.45) is 0.879. The van der Waals surface area contributed by atoms with Gasteiger partial charge in [-0.05, 0) is 48.7 Å². The lowest BCUT2D eigenvalue weighted by Gasteiger charge is -2.24. The van der Waals surface area contributed by atoms with Crippen LogP contribution in [0.4, 0.5) is 10.1 Å². The van der Waals surface area contributed by atoms with Crippen LogP contribution in [0.2, 0.25) is 0 Å². The highest BCUT2D eigenvalue weighted by atomic mass is 19.1. The van der Waals surface area contributed by atoms with Crippen LogP contribution >= 0.6 is 0 Å². The van der Waals surface area contributed by atoms with Gasteiger partial charge in [-0.25, -0.2) is 9.37 Å². The third-order valence-electron chi connectivity index (χ3n) is 5.22. The van der Waals surface area contributed by atoms with Gasteiger partial charge in [-0.3, -0.25) is 0 Å². The Kier molecular flexibility index (Phi) is 5.17. The van der Waals surface area contributed by atoms with E-state index in [1.807, 2.05) is 49.4 Å². The van der Waals surface area contributed by atoms with Gasteiger partial charge >= 0.3 is 0 Å². The van der Waals surface area contributed by atoms with Crippen LogP contribution in [0.3, 0.4) is 0 Å². The summed E-state index contributed by atoms with van der Waals surface area (Å²) in [7, 11) is 0. The molecule has 1 aromatic heterocycles. The van der Waals surface area contributed by atoms with Gasteiger partial charge in [0.2, 0.25) is 0 Å². The summed E-state index contributed by atoms with van der Waals surface area (Å²) in [4.78, 5) is 4.53. The van der Waals surface area contributed by atoms with Crippen LogP contribution in [-0.2, 0) is 6.42 Å². The second-order valence-corrected chi connectivity index (χ2v) is 7.17. The number of phenols is 1. The largest absolute Gasteiger partial charge is 0.505 e. The molecule has 1 heterocycles. The van der Waals surface area contributed by atoms with E-state index in [1.165, 1.54) is 17.7 Å². The number of pyridine rings is 1.